The van der Waals surface area contributed by atoms with E-state index in [2.05, 4.69) is 4.84 Å². The zero-order valence-electron chi connectivity index (χ0n) is 10.8. The second kappa shape index (κ2) is 5.92. The third kappa shape index (κ3) is 2.69. The number of aliphatic hydroxyl groups is 4. The van der Waals surface area contributed by atoms with Crippen molar-refractivity contribution < 1.29 is 35.1 Å². The van der Waals surface area contributed by atoms with E-state index in [9.17, 15) is 30.5 Å². The monoisotopic (exact) mass is 301 g/mol. The van der Waals surface area contributed by atoms with E-state index >= 15 is 0 Å². The summed E-state index contributed by atoms with van der Waals surface area (Å²) >= 11 is 0. The summed E-state index contributed by atoms with van der Waals surface area (Å²) in [6.45, 7) is -0.722. The molecule has 1 aliphatic rings. The topological polar surface area (TPSA) is 143 Å². The summed E-state index contributed by atoms with van der Waals surface area (Å²) in [5.74, 6) is -2.34. The van der Waals surface area contributed by atoms with Crippen LogP contribution in [-0.2, 0) is 15.4 Å². The predicted molar refractivity (Wildman–Crippen MR) is 66.2 cm³/mol. The molecular formula is C12H15NO8. The van der Waals surface area contributed by atoms with Crippen molar-refractivity contribution >= 4 is 0 Å². The Morgan fingerprint density at radius 1 is 1.24 bits per heavy atom. The lowest BCUT2D eigenvalue weighted by molar-refractivity contribution is -0.808. The van der Waals surface area contributed by atoms with Gasteiger partial charge in [0.15, 0.2) is 0 Å². The lowest BCUT2D eigenvalue weighted by Gasteiger charge is -2.46. The Hall–Kier alpha value is -1.78. The Kier molecular flexibility index (Phi) is 4.40. The van der Waals surface area contributed by atoms with E-state index in [-0.39, 0.29) is 5.56 Å². The molecule has 4 N–H and O–H groups in total. The molecule has 0 saturated carbocycles. The first-order chi connectivity index (χ1) is 9.92. The summed E-state index contributed by atoms with van der Waals surface area (Å²) in [5.41, 5.74) is 0.0681. The fraction of sp³-hybridized carbons (Fsp3) is 0.500. The summed E-state index contributed by atoms with van der Waals surface area (Å²) in [6, 6.07) is 7.48. The van der Waals surface area contributed by atoms with Gasteiger partial charge in [-0.15, -0.1) is 10.1 Å². The first kappa shape index (κ1) is 15.6. The quantitative estimate of drug-likeness (QED) is 0.389. The molecule has 9 nitrogen and oxygen atoms in total. The SMILES string of the molecule is O=[N+]([O-])OC1(c2ccccc2)O[C@H](CO)[C@@H](O)[C@H](O)[C@@H]1O. The van der Waals surface area contributed by atoms with Gasteiger partial charge in [0, 0.05) is 5.56 Å². The van der Waals surface area contributed by atoms with Gasteiger partial charge in [0.2, 0.25) is 0 Å². The minimum Gasteiger partial charge on any atom is -0.394 e. The van der Waals surface area contributed by atoms with Crippen LogP contribution in [0.2, 0.25) is 0 Å². The van der Waals surface area contributed by atoms with Gasteiger partial charge >= 0.3 is 0 Å². The molecule has 21 heavy (non-hydrogen) atoms. The number of benzene rings is 1. The summed E-state index contributed by atoms with van der Waals surface area (Å²) in [4.78, 5) is 15.3. The molecule has 0 radical (unpaired) electrons. The van der Waals surface area contributed by atoms with Crippen molar-refractivity contribution in [3.05, 3.63) is 46.0 Å². The Labute approximate surface area is 119 Å². The molecule has 1 aromatic carbocycles. The van der Waals surface area contributed by atoms with Gasteiger partial charge in [-0.1, -0.05) is 30.3 Å². The molecule has 0 spiro atoms. The molecule has 0 aromatic heterocycles. The van der Waals surface area contributed by atoms with E-state index in [1.807, 2.05) is 0 Å². The van der Waals surface area contributed by atoms with E-state index in [0.29, 0.717) is 0 Å². The molecule has 1 aliphatic heterocycles. The van der Waals surface area contributed by atoms with Crippen LogP contribution in [-0.4, -0.2) is 56.5 Å². The zero-order valence-corrected chi connectivity index (χ0v) is 10.8. The highest BCUT2D eigenvalue weighted by molar-refractivity contribution is 5.23. The van der Waals surface area contributed by atoms with Gasteiger partial charge < -0.3 is 25.2 Å². The summed E-state index contributed by atoms with van der Waals surface area (Å²) in [6.07, 6.45) is -6.69. The fourth-order valence-electron chi connectivity index (χ4n) is 2.29. The van der Waals surface area contributed by atoms with Crippen LogP contribution < -0.4 is 0 Å². The van der Waals surface area contributed by atoms with Crippen molar-refractivity contribution in [3.63, 3.8) is 0 Å². The van der Waals surface area contributed by atoms with E-state index in [4.69, 9.17) is 4.74 Å². The average molecular weight is 301 g/mol. The molecule has 9 heteroatoms. The van der Waals surface area contributed by atoms with Gasteiger partial charge in [-0.05, 0) is 0 Å². The van der Waals surface area contributed by atoms with Crippen LogP contribution in [0.15, 0.2) is 30.3 Å². The van der Waals surface area contributed by atoms with E-state index in [1.165, 1.54) is 24.3 Å². The first-order valence-electron chi connectivity index (χ1n) is 6.14. The number of aliphatic hydroxyl groups excluding tert-OH is 4. The van der Waals surface area contributed by atoms with Gasteiger partial charge in [-0.25, -0.2) is 0 Å². The zero-order chi connectivity index (χ0) is 15.6. The number of nitrogens with zero attached hydrogens (tertiary/aromatic N) is 1. The smallest absolute Gasteiger partial charge is 0.297 e. The Morgan fingerprint density at radius 2 is 1.86 bits per heavy atom. The van der Waals surface area contributed by atoms with Crippen LogP contribution in [0.25, 0.3) is 0 Å². The van der Waals surface area contributed by atoms with Crippen molar-refractivity contribution in [1.82, 2.24) is 0 Å². The van der Waals surface area contributed by atoms with Crippen LogP contribution in [0.4, 0.5) is 0 Å². The third-order valence-electron chi connectivity index (χ3n) is 3.34. The molecule has 0 aliphatic carbocycles. The van der Waals surface area contributed by atoms with Crippen molar-refractivity contribution in [1.29, 1.82) is 0 Å². The van der Waals surface area contributed by atoms with Crippen LogP contribution >= 0.6 is 0 Å². The average Bonchev–Trinajstić information content (AvgIpc) is 2.48. The largest absolute Gasteiger partial charge is 0.394 e. The van der Waals surface area contributed by atoms with Crippen LogP contribution in [0.3, 0.4) is 0 Å². The molecule has 1 saturated heterocycles. The van der Waals surface area contributed by atoms with Crippen LogP contribution in [0, 0.1) is 10.1 Å². The Morgan fingerprint density at radius 3 is 2.38 bits per heavy atom. The summed E-state index contributed by atoms with van der Waals surface area (Å²) in [5, 5.41) is 48.5. The molecule has 1 heterocycles. The van der Waals surface area contributed by atoms with Gasteiger partial charge in [-0.2, -0.15) is 0 Å². The Balaban J connectivity index is 2.50. The van der Waals surface area contributed by atoms with E-state index < -0.39 is 41.9 Å². The summed E-state index contributed by atoms with van der Waals surface area (Å²) in [7, 11) is 0. The summed E-state index contributed by atoms with van der Waals surface area (Å²) < 4.78 is 5.24. The molecule has 1 unspecified atom stereocenters. The van der Waals surface area contributed by atoms with Crippen molar-refractivity contribution in [2.45, 2.75) is 30.2 Å². The van der Waals surface area contributed by atoms with Crippen molar-refractivity contribution in [2.75, 3.05) is 6.61 Å². The maximum atomic E-state index is 10.8. The van der Waals surface area contributed by atoms with Gasteiger partial charge in [0.25, 0.3) is 10.9 Å². The third-order valence-corrected chi connectivity index (χ3v) is 3.34. The highest BCUT2D eigenvalue weighted by Gasteiger charge is 2.57. The normalized spacial score (nSPS) is 36.2. The number of hydrogen-bond donors (Lipinski definition) is 4. The molecule has 0 amide bonds. The molecule has 5 atom stereocenters. The predicted octanol–water partition coefficient (Wildman–Crippen LogP) is -1.48. The number of hydrogen-bond acceptors (Lipinski definition) is 8. The number of ether oxygens (including phenoxy) is 1. The number of rotatable bonds is 4. The molecule has 1 fully saturated rings. The van der Waals surface area contributed by atoms with Crippen molar-refractivity contribution in [2.24, 2.45) is 0 Å². The highest BCUT2D eigenvalue weighted by Crippen LogP contribution is 2.39. The molecule has 0 bridgehead atoms. The van der Waals surface area contributed by atoms with Gasteiger partial charge in [0.1, 0.15) is 24.4 Å². The van der Waals surface area contributed by atoms with Crippen LogP contribution in [0.5, 0.6) is 0 Å². The highest BCUT2D eigenvalue weighted by atomic mass is 17.0. The van der Waals surface area contributed by atoms with Gasteiger partial charge in [-0.3, -0.25) is 4.84 Å². The van der Waals surface area contributed by atoms with E-state index in [0.717, 1.165) is 0 Å². The second-order valence-corrected chi connectivity index (χ2v) is 4.61. The van der Waals surface area contributed by atoms with E-state index in [1.54, 1.807) is 6.07 Å². The van der Waals surface area contributed by atoms with Crippen molar-refractivity contribution in [3.8, 4) is 0 Å². The molecule has 1 aromatic rings. The second-order valence-electron chi connectivity index (χ2n) is 4.61. The standard InChI is InChI=1S/C12H15NO8/c14-6-8-9(15)10(16)11(17)12(20-8,21-13(18)19)7-4-2-1-3-5-7/h1-5,8-11,14-17H,6H2/t8-,9-,10+,11+,12?/m1/s1. The minimum absolute atomic E-state index is 0.0681. The minimum atomic E-state index is -2.34. The fourth-order valence-corrected chi connectivity index (χ4v) is 2.29. The lowest BCUT2D eigenvalue weighted by atomic mass is 9.88. The van der Waals surface area contributed by atoms with Gasteiger partial charge in [0.05, 0.1) is 6.61 Å². The van der Waals surface area contributed by atoms with Crippen LogP contribution in [0.1, 0.15) is 5.56 Å². The molecule has 2 rings (SSSR count). The maximum absolute atomic E-state index is 10.8. The lowest BCUT2D eigenvalue weighted by Crippen LogP contribution is -2.64. The Bertz CT molecular complexity index is 495. The first-order valence-corrected chi connectivity index (χ1v) is 6.14. The molecular weight excluding hydrogens is 286 g/mol. The maximum Gasteiger partial charge on any atom is 0.297 e. The molecule has 116 valence electrons.